The van der Waals surface area contributed by atoms with Crippen molar-refractivity contribution in [1.82, 2.24) is 0 Å². The van der Waals surface area contributed by atoms with Crippen LogP contribution in [0, 0.1) is 0 Å². The summed E-state index contributed by atoms with van der Waals surface area (Å²) in [6, 6.07) is 0. The number of hydrogen-bond donors (Lipinski definition) is 1. The maximum atomic E-state index is 11.6. The molecule has 0 saturated heterocycles. The van der Waals surface area contributed by atoms with Crippen LogP contribution in [0.25, 0.3) is 0 Å². The van der Waals surface area contributed by atoms with E-state index in [0.29, 0.717) is 12.8 Å². The number of unbranched alkanes of at least 4 members (excludes halogenated alkanes) is 12. The fraction of sp³-hybridized carbons (Fsp3) is 0.769. The van der Waals surface area contributed by atoms with Gasteiger partial charge >= 0.3 is 11.9 Å². The van der Waals surface area contributed by atoms with E-state index in [0.717, 1.165) is 25.7 Å². The number of hydrogen-bond acceptors (Lipinski definition) is 3. The minimum atomic E-state index is -1.06. The maximum absolute atomic E-state index is 11.6. The summed E-state index contributed by atoms with van der Waals surface area (Å²) in [6.45, 7) is 3.95. The molecule has 1 unspecified atom stereocenters. The zero-order valence-corrected chi connectivity index (χ0v) is 19.6. The highest BCUT2D eigenvalue weighted by Gasteiger charge is 2.19. The van der Waals surface area contributed by atoms with Gasteiger partial charge in [-0.2, -0.15) is 0 Å². The molecule has 0 rings (SSSR count). The molecule has 0 bridgehead atoms. The highest BCUT2D eigenvalue weighted by molar-refractivity contribution is 5.77. The fourth-order valence-corrected chi connectivity index (χ4v) is 3.31. The molecule has 0 saturated carbocycles. The van der Waals surface area contributed by atoms with E-state index >= 15 is 0 Å². The van der Waals surface area contributed by atoms with Crippen LogP contribution in [-0.2, 0) is 14.3 Å². The minimum absolute atomic E-state index is 0.313. The van der Waals surface area contributed by atoms with Gasteiger partial charge in [0, 0.05) is 6.42 Å². The van der Waals surface area contributed by atoms with Crippen LogP contribution in [0.1, 0.15) is 123 Å². The summed E-state index contributed by atoms with van der Waals surface area (Å²) < 4.78 is 4.95. The first-order chi connectivity index (χ1) is 14.6. The second-order valence-corrected chi connectivity index (χ2v) is 8.12. The van der Waals surface area contributed by atoms with Crippen LogP contribution in [-0.4, -0.2) is 23.1 Å². The number of esters is 1. The Morgan fingerprint density at radius 1 is 0.733 bits per heavy atom. The summed E-state index contributed by atoms with van der Waals surface area (Å²) in [5.41, 5.74) is 0. The van der Waals surface area contributed by atoms with Gasteiger partial charge in [-0.3, -0.25) is 4.79 Å². The normalized spacial score (nSPS) is 12.6. The smallest absolute Gasteiger partial charge is 0.345 e. The van der Waals surface area contributed by atoms with E-state index in [1.165, 1.54) is 70.6 Å². The fourth-order valence-electron chi connectivity index (χ4n) is 3.31. The van der Waals surface area contributed by atoms with Crippen molar-refractivity contribution < 1.29 is 19.4 Å². The number of rotatable bonds is 21. The monoisotopic (exact) mass is 422 g/mol. The summed E-state index contributed by atoms with van der Waals surface area (Å²) in [4.78, 5) is 22.4. The number of ether oxygens (including phenoxy) is 1. The van der Waals surface area contributed by atoms with Gasteiger partial charge in [0.25, 0.3) is 0 Å². The van der Waals surface area contributed by atoms with Crippen molar-refractivity contribution in [2.45, 2.75) is 129 Å². The molecule has 1 atom stereocenters. The topological polar surface area (TPSA) is 63.6 Å². The molecular formula is C26H46O4. The lowest BCUT2D eigenvalue weighted by Crippen LogP contribution is -2.26. The Balaban J connectivity index is 3.34. The summed E-state index contributed by atoms with van der Waals surface area (Å²) in [5, 5.41) is 8.87. The van der Waals surface area contributed by atoms with Crippen LogP contribution in [0.15, 0.2) is 24.3 Å². The van der Waals surface area contributed by atoms with E-state index in [9.17, 15) is 9.59 Å². The Morgan fingerprint density at radius 2 is 1.23 bits per heavy atom. The molecule has 0 spiro atoms. The third-order valence-electron chi connectivity index (χ3n) is 5.25. The Bertz CT molecular complexity index is 468. The van der Waals surface area contributed by atoms with Gasteiger partial charge in [-0.15, -0.1) is 0 Å². The molecule has 0 amide bonds. The van der Waals surface area contributed by atoms with Crippen molar-refractivity contribution in [3.63, 3.8) is 0 Å². The Hall–Kier alpha value is -1.58. The molecule has 0 fully saturated rings. The van der Waals surface area contributed by atoms with Crippen LogP contribution in [0.5, 0.6) is 0 Å². The van der Waals surface area contributed by atoms with E-state index in [1.54, 1.807) is 6.92 Å². The highest BCUT2D eigenvalue weighted by atomic mass is 16.6. The zero-order chi connectivity index (χ0) is 22.3. The first-order valence-corrected chi connectivity index (χ1v) is 12.3. The molecule has 0 radical (unpaired) electrons. The lowest BCUT2D eigenvalue weighted by Gasteiger charge is -2.11. The van der Waals surface area contributed by atoms with E-state index in [-0.39, 0.29) is 5.97 Å². The van der Waals surface area contributed by atoms with Crippen molar-refractivity contribution >= 4 is 11.9 Å². The van der Waals surface area contributed by atoms with Gasteiger partial charge in [0.15, 0.2) is 6.10 Å². The predicted molar refractivity (Wildman–Crippen MR) is 126 cm³/mol. The van der Waals surface area contributed by atoms with Crippen LogP contribution in [0.2, 0.25) is 0 Å². The van der Waals surface area contributed by atoms with Crippen molar-refractivity contribution in [1.29, 1.82) is 0 Å². The SMILES string of the molecule is CCCCC/C=C\C/C=C\CCCCCCCCCCCC(=O)OC(CC)C(=O)O. The van der Waals surface area contributed by atoms with Gasteiger partial charge in [0.2, 0.25) is 0 Å². The first-order valence-electron chi connectivity index (χ1n) is 12.3. The maximum Gasteiger partial charge on any atom is 0.345 e. The Morgan fingerprint density at radius 3 is 1.73 bits per heavy atom. The molecule has 0 aliphatic rings. The van der Waals surface area contributed by atoms with Gasteiger partial charge in [0.1, 0.15) is 0 Å². The van der Waals surface area contributed by atoms with Gasteiger partial charge < -0.3 is 9.84 Å². The lowest BCUT2D eigenvalue weighted by atomic mass is 10.1. The van der Waals surface area contributed by atoms with Gasteiger partial charge in [-0.25, -0.2) is 4.79 Å². The number of allylic oxidation sites excluding steroid dienone is 4. The summed E-state index contributed by atoms with van der Waals surface area (Å²) in [5.74, 6) is -1.45. The third-order valence-corrected chi connectivity index (χ3v) is 5.25. The number of carboxylic acids is 1. The van der Waals surface area contributed by atoms with Crippen LogP contribution >= 0.6 is 0 Å². The summed E-state index contributed by atoms with van der Waals surface area (Å²) in [6.07, 6.45) is 26.9. The largest absolute Gasteiger partial charge is 0.479 e. The molecule has 0 heterocycles. The van der Waals surface area contributed by atoms with Crippen LogP contribution in [0.4, 0.5) is 0 Å². The molecule has 1 N–H and O–H groups in total. The first kappa shape index (κ1) is 28.4. The number of carboxylic acid groups (broad SMARTS) is 1. The molecule has 30 heavy (non-hydrogen) atoms. The standard InChI is InChI=1S/C26H46O4/c1-3-5-6-7-8-9-10-11-12-13-14-15-16-17-18-19-20-21-22-23-25(27)30-24(4-2)26(28)29/h8-9,11-12,24H,3-7,10,13-23H2,1-2H3,(H,28,29)/b9-8-,12-11-. The highest BCUT2D eigenvalue weighted by Crippen LogP contribution is 2.12. The van der Waals surface area contributed by atoms with Crippen molar-refractivity contribution in [2.24, 2.45) is 0 Å². The van der Waals surface area contributed by atoms with Gasteiger partial charge in [0.05, 0.1) is 0 Å². The molecule has 4 nitrogen and oxygen atoms in total. The molecule has 0 aliphatic heterocycles. The number of carbonyl (C=O) groups excluding carboxylic acids is 1. The Kier molecular flexibility index (Phi) is 20.9. The predicted octanol–water partition coefficient (Wildman–Crippen LogP) is 7.77. The number of aliphatic carboxylic acids is 1. The van der Waals surface area contributed by atoms with E-state index < -0.39 is 12.1 Å². The molecular weight excluding hydrogens is 376 g/mol. The molecule has 0 aliphatic carbocycles. The van der Waals surface area contributed by atoms with Gasteiger partial charge in [-0.05, 0) is 44.9 Å². The molecule has 0 aromatic carbocycles. The molecule has 0 aromatic heterocycles. The minimum Gasteiger partial charge on any atom is -0.479 e. The quantitative estimate of drug-likeness (QED) is 0.117. The Labute approximate surface area is 185 Å². The van der Waals surface area contributed by atoms with Crippen molar-refractivity contribution in [2.75, 3.05) is 0 Å². The van der Waals surface area contributed by atoms with E-state index in [1.807, 2.05) is 0 Å². The van der Waals surface area contributed by atoms with Crippen molar-refractivity contribution in [3.8, 4) is 0 Å². The number of carbonyl (C=O) groups is 2. The van der Waals surface area contributed by atoms with Crippen LogP contribution < -0.4 is 0 Å². The third kappa shape index (κ3) is 19.7. The average Bonchev–Trinajstić information content (AvgIpc) is 2.73. The van der Waals surface area contributed by atoms with Gasteiger partial charge in [-0.1, -0.05) is 95.9 Å². The van der Waals surface area contributed by atoms with E-state index in [2.05, 4.69) is 31.2 Å². The van der Waals surface area contributed by atoms with Crippen molar-refractivity contribution in [3.05, 3.63) is 24.3 Å². The van der Waals surface area contributed by atoms with E-state index in [4.69, 9.17) is 9.84 Å². The molecule has 4 heteroatoms. The lowest BCUT2D eigenvalue weighted by molar-refractivity contribution is -0.164. The summed E-state index contributed by atoms with van der Waals surface area (Å²) >= 11 is 0. The second-order valence-electron chi connectivity index (χ2n) is 8.12. The summed E-state index contributed by atoms with van der Waals surface area (Å²) in [7, 11) is 0. The average molecular weight is 423 g/mol. The second kappa shape index (κ2) is 22.1. The zero-order valence-electron chi connectivity index (χ0n) is 19.6. The molecule has 174 valence electrons. The molecule has 0 aromatic rings. The van der Waals surface area contributed by atoms with Crippen LogP contribution in [0.3, 0.4) is 0 Å².